The molecule has 3 rings (SSSR count). The molecule has 0 aliphatic carbocycles. The van der Waals surface area contributed by atoms with Gasteiger partial charge < -0.3 is 20.7 Å². The van der Waals surface area contributed by atoms with Gasteiger partial charge in [0.05, 0.1) is 12.1 Å². The molecule has 0 saturated carbocycles. The van der Waals surface area contributed by atoms with Gasteiger partial charge in [-0.2, -0.15) is 4.98 Å². The summed E-state index contributed by atoms with van der Waals surface area (Å²) < 4.78 is 5.09. The van der Waals surface area contributed by atoms with Gasteiger partial charge in [-0.3, -0.25) is 4.79 Å². The standard InChI is InChI=1S/C19H21N5O2/c1-13(25)21-14-6-5-7-15(12-14)22-19-23-17-9-4-3-8-16(17)18(24-19)20-10-11-26-2/h3-9,12H,10-11H2,1-2H3,(H,21,25)(H2,20,22,23,24). The molecule has 0 fully saturated rings. The van der Waals surface area contributed by atoms with Crippen molar-refractivity contribution in [3.8, 4) is 0 Å². The van der Waals surface area contributed by atoms with Crippen molar-refractivity contribution in [2.24, 2.45) is 0 Å². The first-order valence-electron chi connectivity index (χ1n) is 8.30. The van der Waals surface area contributed by atoms with E-state index in [0.29, 0.717) is 24.8 Å². The lowest BCUT2D eigenvalue weighted by molar-refractivity contribution is -0.114. The number of ether oxygens (including phenoxy) is 1. The van der Waals surface area contributed by atoms with E-state index in [9.17, 15) is 4.79 Å². The molecule has 0 aliphatic rings. The number of anilines is 4. The summed E-state index contributed by atoms with van der Waals surface area (Å²) in [5, 5.41) is 10.2. The van der Waals surface area contributed by atoms with Crippen molar-refractivity contribution >= 4 is 40.0 Å². The van der Waals surface area contributed by atoms with Crippen LogP contribution in [0.4, 0.5) is 23.1 Å². The second-order valence-electron chi connectivity index (χ2n) is 5.72. The number of nitrogens with one attached hydrogen (secondary N) is 3. The molecule has 1 amide bonds. The van der Waals surface area contributed by atoms with E-state index in [1.165, 1.54) is 6.92 Å². The SMILES string of the molecule is COCCNc1nc(Nc2cccc(NC(C)=O)c2)nc2ccccc12. The molecule has 1 heterocycles. The van der Waals surface area contributed by atoms with Gasteiger partial charge in [0.2, 0.25) is 11.9 Å². The highest BCUT2D eigenvalue weighted by molar-refractivity contribution is 5.91. The second-order valence-corrected chi connectivity index (χ2v) is 5.72. The van der Waals surface area contributed by atoms with Crippen molar-refractivity contribution in [2.75, 3.05) is 36.2 Å². The van der Waals surface area contributed by atoms with Gasteiger partial charge in [0.1, 0.15) is 5.82 Å². The number of aromatic nitrogens is 2. The summed E-state index contributed by atoms with van der Waals surface area (Å²) in [6, 6.07) is 15.2. The minimum absolute atomic E-state index is 0.117. The quantitative estimate of drug-likeness (QED) is 0.566. The predicted molar refractivity (Wildman–Crippen MR) is 104 cm³/mol. The van der Waals surface area contributed by atoms with Crippen LogP contribution in [0.3, 0.4) is 0 Å². The third-order valence-corrected chi connectivity index (χ3v) is 3.64. The Morgan fingerprint density at radius 2 is 1.88 bits per heavy atom. The van der Waals surface area contributed by atoms with E-state index in [-0.39, 0.29) is 5.91 Å². The average Bonchev–Trinajstić information content (AvgIpc) is 2.61. The largest absolute Gasteiger partial charge is 0.383 e. The zero-order valence-electron chi connectivity index (χ0n) is 14.7. The second kappa shape index (κ2) is 8.26. The van der Waals surface area contributed by atoms with Crippen LogP contribution < -0.4 is 16.0 Å². The van der Waals surface area contributed by atoms with Crippen molar-refractivity contribution in [1.82, 2.24) is 9.97 Å². The molecule has 2 aromatic carbocycles. The number of carbonyl (C=O) groups excluding carboxylic acids is 1. The normalized spacial score (nSPS) is 10.5. The Bertz CT molecular complexity index is 913. The van der Waals surface area contributed by atoms with Crippen LogP contribution in [-0.2, 0) is 9.53 Å². The monoisotopic (exact) mass is 351 g/mol. The fraction of sp³-hybridized carbons (Fsp3) is 0.211. The van der Waals surface area contributed by atoms with E-state index < -0.39 is 0 Å². The molecule has 0 aliphatic heterocycles. The Labute approximate surface area is 151 Å². The Hall–Kier alpha value is -3.19. The number of rotatable bonds is 7. The molecule has 134 valence electrons. The molecule has 0 atom stereocenters. The minimum atomic E-state index is -0.117. The number of amides is 1. The molecule has 0 spiro atoms. The number of benzene rings is 2. The predicted octanol–water partition coefficient (Wildman–Crippen LogP) is 3.39. The first-order valence-corrected chi connectivity index (χ1v) is 8.30. The lowest BCUT2D eigenvalue weighted by Crippen LogP contribution is -2.10. The van der Waals surface area contributed by atoms with Gasteiger partial charge in [-0.1, -0.05) is 18.2 Å². The van der Waals surface area contributed by atoms with E-state index in [1.807, 2.05) is 48.5 Å². The van der Waals surface area contributed by atoms with E-state index in [2.05, 4.69) is 25.9 Å². The van der Waals surface area contributed by atoms with Crippen LogP contribution in [0, 0.1) is 0 Å². The molecule has 3 N–H and O–H groups in total. The summed E-state index contributed by atoms with van der Waals surface area (Å²) in [5.41, 5.74) is 2.33. The summed E-state index contributed by atoms with van der Waals surface area (Å²) in [5.74, 6) is 1.10. The fourth-order valence-corrected chi connectivity index (χ4v) is 2.55. The van der Waals surface area contributed by atoms with Crippen molar-refractivity contribution < 1.29 is 9.53 Å². The maximum atomic E-state index is 11.2. The van der Waals surface area contributed by atoms with Crippen LogP contribution in [0.5, 0.6) is 0 Å². The fourth-order valence-electron chi connectivity index (χ4n) is 2.55. The molecule has 26 heavy (non-hydrogen) atoms. The van der Waals surface area contributed by atoms with Gasteiger partial charge in [0.25, 0.3) is 0 Å². The first kappa shape index (κ1) is 17.6. The topological polar surface area (TPSA) is 88.2 Å². The number of carbonyl (C=O) groups is 1. The number of fused-ring (bicyclic) bond motifs is 1. The van der Waals surface area contributed by atoms with Crippen LogP contribution in [-0.4, -0.2) is 36.1 Å². The van der Waals surface area contributed by atoms with E-state index in [1.54, 1.807) is 7.11 Å². The summed E-state index contributed by atoms with van der Waals surface area (Å²) in [4.78, 5) is 20.4. The van der Waals surface area contributed by atoms with Crippen molar-refractivity contribution in [3.63, 3.8) is 0 Å². The van der Waals surface area contributed by atoms with Crippen LogP contribution in [0.25, 0.3) is 10.9 Å². The van der Waals surface area contributed by atoms with E-state index >= 15 is 0 Å². The third-order valence-electron chi connectivity index (χ3n) is 3.64. The average molecular weight is 351 g/mol. The molecule has 0 saturated heterocycles. The maximum absolute atomic E-state index is 11.2. The van der Waals surface area contributed by atoms with Crippen LogP contribution in [0.2, 0.25) is 0 Å². The number of nitrogens with zero attached hydrogens (tertiary/aromatic N) is 2. The Kier molecular flexibility index (Phi) is 5.60. The highest BCUT2D eigenvalue weighted by atomic mass is 16.5. The van der Waals surface area contributed by atoms with Crippen molar-refractivity contribution in [2.45, 2.75) is 6.92 Å². The molecule has 7 heteroatoms. The summed E-state index contributed by atoms with van der Waals surface area (Å²) in [6.45, 7) is 2.71. The minimum Gasteiger partial charge on any atom is -0.383 e. The summed E-state index contributed by atoms with van der Waals surface area (Å²) in [7, 11) is 1.66. The van der Waals surface area contributed by atoms with Gasteiger partial charge in [-0.05, 0) is 30.3 Å². The lowest BCUT2D eigenvalue weighted by Gasteiger charge is -2.12. The first-order chi connectivity index (χ1) is 12.7. The van der Waals surface area contributed by atoms with Crippen LogP contribution in [0.1, 0.15) is 6.92 Å². The molecule has 0 bridgehead atoms. The molecule has 0 unspecified atom stereocenters. The van der Waals surface area contributed by atoms with Crippen molar-refractivity contribution in [3.05, 3.63) is 48.5 Å². The Morgan fingerprint density at radius 1 is 1.08 bits per heavy atom. The molecule has 0 radical (unpaired) electrons. The van der Waals surface area contributed by atoms with Gasteiger partial charge in [-0.25, -0.2) is 4.98 Å². The number of hydrogen-bond donors (Lipinski definition) is 3. The molecule has 1 aromatic heterocycles. The molecular formula is C19H21N5O2. The maximum Gasteiger partial charge on any atom is 0.229 e. The van der Waals surface area contributed by atoms with Gasteiger partial charge >= 0.3 is 0 Å². The molecular weight excluding hydrogens is 330 g/mol. The van der Waals surface area contributed by atoms with E-state index in [0.717, 1.165) is 22.4 Å². The van der Waals surface area contributed by atoms with Crippen molar-refractivity contribution in [1.29, 1.82) is 0 Å². The Morgan fingerprint density at radius 3 is 2.69 bits per heavy atom. The smallest absolute Gasteiger partial charge is 0.229 e. The zero-order chi connectivity index (χ0) is 18.4. The third kappa shape index (κ3) is 4.46. The summed E-state index contributed by atoms with van der Waals surface area (Å²) in [6.07, 6.45) is 0. The molecule has 7 nitrogen and oxygen atoms in total. The number of para-hydroxylation sites is 1. The zero-order valence-corrected chi connectivity index (χ0v) is 14.7. The number of hydrogen-bond acceptors (Lipinski definition) is 6. The van der Waals surface area contributed by atoms with Crippen LogP contribution >= 0.6 is 0 Å². The van der Waals surface area contributed by atoms with Gasteiger partial charge in [0.15, 0.2) is 0 Å². The number of methoxy groups -OCH3 is 1. The van der Waals surface area contributed by atoms with Gasteiger partial charge in [-0.15, -0.1) is 0 Å². The Balaban J connectivity index is 1.89. The van der Waals surface area contributed by atoms with E-state index in [4.69, 9.17) is 4.74 Å². The highest BCUT2D eigenvalue weighted by Crippen LogP contribution is 2.24. The highest BCUT2D eigenvalue weighted by Gasteiger charge is 2.08. The van der Waals surface area contributed by atoms with Crippen LogP contribution in [0.15, 0.2) is 48.5 Å². The molecule has 3 aromatic rings. The lowest BCUT2D eigenvalue weighted by atomic mass is 10.2. The van der Waals surface area contributed by atoms with Gasteiger partial charge in [0, 0.05) is 37.3 Å². The summed E-state index contributed by atoms with van der Waals surface area (Å²) >= 11 is 0.